The Balaban J connectivity index is 2.08. The summed E-state index contributed by atoms with van der Waals surface area (Å²) in [6.07, 6.45) is 3.03. The Morgan fingerprint density at radius 1 is 1.33 bits per heavy atom. The number of amides is 1. The number of hydroxylamine groups is 1. The van der Waals surface area contributed by atoms with Gasteiger partial charge in [0, 0.05) is 0 Å². The summed E-state index contributed by atoms with van der Waals surface area (Å²) in [6, 6.07) is 8.19. The van der Waals surface area contributed by atoms with Crippen LogP contribution in [0, 0.1) is 0 Å². The fraction of sp³-hybridized carbons (Fsp3) is 0.533. The van der Waals surface area contributed by atoms with E-state index in [4.69, 9.17) is 4.84 Å². The first-order valence-electron chi connectivity index (χ1n) is 6.53. The predicted molar refractivity (Wildman–Crippen MR) is 71.1 cm³/mol. The third kappa shape index (κ3) is 3.10. The summed E-state index contributed by atoms with van der Waals surface area (Å²) >= 11 is 0. The number of hydrogen-bond acceptors (Lipinski definition) is 2. The van der Waals surface area contributed by atoms with Gasteiger partial charge in [-0.1, -0.05) is 24.3 Å². The van der Waals surface area contributed by atoms with Crippen molar-refractivity contribution in [1.29, 1.82) is 0 Å². The van der Waals surface area contributed by atoms with E-state index in [2.05, 4.69) is 17.6 Å². The van der Waals surface area contributed by atoms with E-state index in [1.54, 1.807) is 0 Å². The first-order valence-corrected chi connectivity index (χ1v) is 6.53. The average molecular weight is 247 g/mol. The Labute approximate surface area is 108 Å². The van der Waals surface area contributed by atoms with E-state index in [-0.39, 0.29) is 17.4 Å². The van der Waals surface area contributed by atoms with Gasteiger partial charge in [-0.2, -0.15) is 0 Å². The minimum Gasteiger partial charge on any atom is -0.272 e. The molecule has 0 radical (unpaired) electrons. The maximum atomic E-state index is 12.2. The minimum atomic E-state index is -0.357. The van der Waals surface area contributed by atoms with Gasteiger partial charge >= 0.3 is 0 Å². The lowest BCUT2D eigenvalue weighted by Gasteiger charge is -2.26. The van der Waals surface area contributed by atoms with Crippen molar-refractivity contribution in [3.05, 3.63) is 35.4 Å². The van der Waals surface area contributed by atoms with Crippen molar-refractivity contribution in [3.8, 4) is 0 Å². The topological polar surface area (TPSA) is 38.3 Å². The summed E-state index contributed by atoms with van der Waals surface area (Å²) in [5, 5.41) is 0. The van der Waals surface area contributed by atoms with E-state index in [9.17, 15) is 4.79 Å². The molecule has 0 aromatic heterocycles. The van der Waals surface area contributed by atoms with Crippen LogP contribution in [0.2, 0.25) is 0 Å². The number of carbonyl (C=O) groups is 1. The number of aryl methyl sites for hydroxylation is 1. The zero-order chi connectivity index (χ0) is 13.2. The molecule has 2 rings (SSSR count). The first kappa shape index (κ1) is 13.1. The molecule has 0 bridgehead atoms. The molecule has 0 saturated heterocycles. The van der Waals surface area contributed by atoms with Crippen LogP contribution < -0.4 is 5.48 Å². The van der Waals surface area contributed by atoms with Crippen LogP contribution in [0.5, 0.6) is 0 Å². The van der Waals surface area contributed by atoms with Gasteiger partial charge in [0.2, 0.25) is 0 Å². The molecule has 1 aliphatic rings. The predicted octanol–water partition coefficient (Wildman–Crippen LogP) is 2.95. The van der Waals surface area contributed by atoms with Crippen LogP contribution in [0.3, 0.4) is 0 Å². The molecule has 1 N–H and O–H groups in total. The lowest BCUT2D eigenvalue weighted by molar-refractivity contribution is -0.147. The highest BCUT2D eigenvalue weighted by Gasteiger charge is 2.27. The molecule has 0 saturated carbocycles. The summed E-state index contributed by atoms with van der Waals surface area (Å²) in [6.45, 7) is 5.76. The molecule has 1 aliphatic carbocycles. The smallest absolute Gasteiger partial charge is 0.251 e. The van der Waals surface area contributed by atoms with Gasteiger partial charge in [-0.3, -0.25) is 9.63 Å². The van der Waals surface area contributed by atoms with E-state index >= 15 is 0 Å². The second kappa shape index (κ2) is 5.11. The van der Waals surface area contributed by atoms with Crippen LogP contribution in [0.15, 0.2) is 24.3 Å². The minimum absolute atomic E-state index is 0.0305. The number of fused-ring (bicyclic) bond motifs is 1. The maximum Gasteiger partial charge on any atom is 0.251 e. The maximum absolute atomic E-state index is 12.2. The van der Waals surface area contributed by atoms with Crippen LogP contribution in [0.1, 0.15) is 50.7 Å². The van der Waals surface area contributed by atoms with Crippen LogP contribution in [-0.4, -0.2) is 11.5 Å². The Bertz CT molecular complexity index is 434. The highest BCUT2D eigenvalue weighted by molar-refractivity contribution is 5.83. The lowest BCUT2D eigenvalue weighted by Crippen LogP contribution is -2.37. The van der Waals surface area contributed by atoms with Crippen molar-refractivity contribution >= 4 is 5.91 Å². The molecule has 0 aliphatic heterocycles. The summed E-state index contributed by atoms with van der Waals surface area (Å²) in [5.74, 6) is -0.102. The molecule has 0 spiro atoms. The quantitative estimate of drug-likeness (QED) is 0.816. The number of nitrogens with one attached hydrogen (secondary N) is 1. The van der Waals surface area contributed by atoms with Crippen molar-refractivity contribution in [2.24, 2.45) is 0 Å². The summed E-state index contributed by atoms with van der Waals surface area (Å²) in [4.78, 5) is 17.5. The molecule has 1 amide bonds. The van der Waals surface area contributed by atoms with Crippen molar-refractivity contribution in [2.75, 3.05) is 0 Å². The van der Waals surface area contributed by atoms with E-state index in [0.717, 1.165) is 24.8 Å². The van der Waals surface area contributed by atoms with Crippen LogP contribution in [0.25, 0.3) is 0 Å². The largest absolute Gasteiger partial charge is 0.272 e. The third-order valence-corrected chi connectivity index (χ3v) is 3.14. The number of rotatable bonds is 2. The molecule has 1 atom stereocenters. The average Bonchev–Trinajstić information content (AvgIpc) is 2.34. The van der Waals surface area contributed by atoms with Crippen molar-refractivity contribution in [3.63, 3.8) is 0 Å². The van der Waals surface area contributed by atoms with Crippen LogP contribution in [0.4, 0.5) is 0 Å². The van der Waals surface area contributed by atoms with Crippen molar-refractivity contribution < 1.29 is 9.63 Å². The molecule has 0 fully saturated rings. The standard InChI is InChI=1S/C15H21NO2/c1-15(2,3)18-16-14(17)13-10-6-8-11-7-4-5-9-12(11)13/h4-5,7,9,13H,6,8,10H2,1-3H3,(H,16,17). The monoisotopic (exact) mass is 247 g/mol. The molecule has 1 aromatic carbocycles. The van der Waals surface area contributed by atoms with Gasteiger partial charge in [0.1, 0.15) is 0 Å². The van der Waals surface area contributed by atoms with E-state index < -0.39 is 0 Å². The highest BCUT2D eigenvalue weighted by atomic mass is 16.7. The van der Waals surface area contributed by atoms with Gasteiger partial charge in [-0.15, -0.1) is 0 Å². The summed E-state index contributed by atoms with van der Waals surface area (Å²) in [5.41, 5.74) is 4.68. The van der Waals surface area contributed by atoms with Gasteiger partial charge in [-0.05, 0) is 51.2 Å². The molecule has 3 nitrogen and oxygen atoms in total. The molecular weight excluding hydrogens is 226 g/mol. The van der Waals surface area contributed by atoms with Crippen molar-refractivity contribution in [1.82, 2.24) is 5.48 Å². The van der Waals surface area contributed by atoms with Crippen LogP contribution >= 0.6 is 0 Å². The zero-order valence-electron chi connectivity index (χ0n) is 11.3. The van der Waals surface area contributed by atoms with Gasteiger partial charge in [0.25, 0.3) is 5.91 Å². The second-order valence-electron chi connectivity index (χ2n) is 5.82. The van der Waals surface area contributed by atoms with Crippen molar-refractivity contribution in [2.45, 2.75) is 51.6 Å². The van der Waals surface area contributed by atoms with Gasteiger partial charge in [-0.25, -0.2) is 5.48 Å². The van der Waals surface area contributed by atoms with E-state index in [1.165, 1.54) is 5.56 Å². The Morgan fingerprint density at radius 3 is 2.78 bits per heavy atom. The van der Waals surface area contributed by atoms with E-state index in [1.807, 2.05) is 32.9 Å². The van der Waals surface area contributed by atoms with E-state index in [0.29, 0.717) is 0 Å². The fourth-order valence-corrected chi connectivity index (χ4v) is 2.30. The molecular formula is C15H21NO2. The molecule has 3 heteroatoms. The highest BCUT2D eigenvalue weighted by Crippen LogP contribution is 2.31. The summed E-state index contributed by atoms with van der Waals surface area (Å²) < 4.78 is 0. The Morgan fingerprint density at radius 2 is 2.06 bits per heavy atom. The molecule has 1 unspecified atom stereocenters. The zero-order valence-corrected chi connectivity index (χ0v) is 11.3. The Hall–Kier alpha value is -1.35. The molecule has 98 valence electrons. The first-order chi connectivity index (χ1) is 8.47. The van der Waals surface area contributed by atoms with Gasteiger partial charge < -0.3 is 0 Å². The second-order valence-corrected chi connectivity index (χ2v) is 5.82. The third-order valence-electron chi connectivity index (χ3n) is 3.14. The molecule has 0 heterocycles. The van der Waals surface area contributed by atoms with Gasteiger partial charge in [0.15, 0.2) is 0 Å². The number of hydrogen-bond donors (Lipinski definition) is 1. The normalized spacial score (nSPS) is 19.2. The van der Waals surface area contributed by atoms with Crippen LogP contribution in [-0.2, 0) is 16.1 Å². The van der Waals surface area contributed by atoms with Gasteiger partial charge in [0.05, 0.1) is 11.5 Å². The summed E-state index contributed by atoms with van der Waals surface area (Å²) in [7, 11) is 0. The SMILES string of the molecule is CC(C)(C)ONC(=O)C1CCCc2ccccc21. The number of carbonyl (C=O) groups excluding carboxylic acids is 1. The molecule has 1 aromatic rings. The molecule has 18 heavy (non-hydrogen) atoms. The fourth-order valence-electron chi connectivity index (χ4n) is 2.30. The Kier molecular flexibility index (Phi) is 3.71. The lowest BCUT2D eigenvalue weighted by atomic mass is 9.82. The number of benzene rings is 1.